The number of carbonyl (C=O) groups excluding carboxylic acids is 1. The molecule has 2 heterocycles. The van der Waals surface area contributed by atoms with Crippen molar-refractivity contribution in [3.8, 4) is 5.69 Å². The average molecular weight is 379 g/mol. The van der Waals surface area contributed by atoms with Crippen LogP contribution in [0.1, 0.15) is 36.0 Å². The smallest absolute Gasteiger partial charge is 0.274 e. The largest absolute Gasteiger partial charge is 0.369 e. The number of benzene rings is 2. The van der Waals surface area contributed by atoms with Crippen LogP contribution in [0.4, 0.5) is 4.39 Å². The summed E-state index contributed by atoms with van der Waals surface area (Å²) < 4.78 is 20.7. The molecule has 0 radical (unpaired) electrons. The third-order valence-corrected chi connectivity index (χ3v) is 5.03. The van der Waals surface area contributed by atoms with Crippen molar-refractivity contribution < 1.29 is 13.9 Å². The van der Waals surface area contributed by atoms with Crippen LogP contribution >= 0.6 is 0 Å². The Balaban J connectivity index is 1.58. The van der Waals surface area contributed by atoms with Crippen molar-refractivity contribution in [2.24, 2.45) is 0 Å². The number of halogens is 1. The number of rotatable bonds is 3. The molecule has 5 nitrogen and oxygen atoms in total. The molecule has 3 aromatic rings. The van der Waals surface area contributed by atoms with Gasteiger partial charge in [0.2, 0.25) is 0 Å². The number of amides is 1. The summed E-state index contributed by atoms with van der Waals surface area (Å²) in [6.07, 6.45) is 1.54. The molecule has 1 aliphatic rings. The molecule has 1 amide bonds. The van der Waals surface area contributed by atoms with E-state index in [0.717, 1.165) is 5.56 Å². The van der Waals surface area contributed by atoms with Crippen molar-refractivity contribution in [3.63, 3.8) is 0 Å². The van der Waals surface area contributed by atoms with Crippen molar-refractivity contribution >= 4 is 5.91 Å². The van der Waals surface area contributed by atoms with Crippen LogP contribution in [0.3, 0.4) is 0 Å². The van der Waals surface area contributed by atoms with Gasteiger partial charge in [-0.1, -0.05) is 30.3 Å². The Morgan fingerprint density at radius 3 is 2.54 bits per heavy atom. The van der Waals surface area contributed by atoms with E-state index in [1.54, 1.807) is 29.1 Å². The lowest BCUT2D eigenvalue weighted by Crippen LogP contribution is -2.56. The molecule has 2 aromatic carbocycles. The van der Waals surface area contributed by atoms with Crippen LogP contribution in [0.2, 0.25) is 0 Å². The van der Waals surface area contributed by atoms with Crippen LogP contribution in [-0.4, -0.2) is 39.3 Å². The van der Waals surface area contributed by atoms with Gasteiger partial charge in [0.05, 0.1) is 24.4 Å². The Kier molecular flexibility index (Phi) is 4.73. The molecule has 1 aromatic heterocycles. The fourth-order valence-corrected chi connectivity index (χ4v) is 3.39. The highest BCUT2D eigenvalue weighted by molar-refractivity contribution is 5.93. The minimum Gasteiger partial charge on any atom is -0.369 e. The lowest BCUT2D eigenvalue weighted by Gasteiger charge is -2.45. The Bertz CT molecular complexity index is 967. The molecule has 0 bridgehead atoms. The van der Waals surface area contributed by atoms with Crippen LogP contribution in [0.5, 0.6) is 0 Å². The number of carbonyl (C=O) groups is 1. The summed E-state index contributed by atoms with van der Waals surface area (Å²) >= 11 is 0. The molecule has 0 N–H and O–H groups in total. The number of hydrogen-bond acceptors (Lipinski definition) is 3. The predicted octanol–water partition coefficient (Wildman–Crippen LogP) is 4.00. The molecule has 1 atom stereocenters. The zero-order valence-electron chi connectivity index (χ0n) is 15.9. The van der Waals surface area contributed by atoms with Gasteiger partial charge < -0.3 is 9.64 Å². The topological polar surface area (TPSA) is 47.4 Å². The lowest BCUT2D eigenvalue weighted by atomic mass is 9.97. The van der Waals surface area contributed by atoms with E-state index in [0.29, 0.717) is 24.5 Å². The zero-order chi connectivity index (χ0) is 19.7. The summed E-state index contributed by atoms with van der Waals surface area (Å²) in [4.78, 5) is 15.1. The summed E-state index contributed by atoms with van der Waals surface area (Å²) in [5.41, 5.74) is 1.66. The SMILES string of the molecule is CC1(C)COC(c2ccccc2)CN1C(=O)c1ccn(-c2ccc(F)cc2)n1. The molecule has 0 saturated carbocycles. The van der Waals surface area contributed by atoms with Crippen LogP contribution in [0.25, 0.3) is 5.69 Å². The summed E-state index contributed by atoms with van der Waals surface area (Å²) in [5, 5.41) is 4.41. The van der Waals surface area contributed by atoms with E-state index >= 15 is 0 Å². The van der Waals surface area contributed by atoms with Crippen LogP contribution in [0, 0.1) is 5.82 Å². The maximum atomic E-state index is 13.2. The van der Waals surface area contributed by atoms with Crippen molar-refractivity contribution in [1.29, 1.82) is 0 Å². The van der Waals surface area contributed by atoms with Gasteiger partial charge in [-0.2, -0.15) is 5.10 Å². The van der Waals surface area contributed by atoms with Crippen LogP contribution in [-0.2, 0) is 4.74 Å². The summed E-state index contributed by atoms with van der Waals surface area (Å²) in [6.45, 7) is 4.88. The second-order valence-electron chi connectivity index (χ2n) is 7.56. The van der Waals surface area contributed by atoms with E-state index in [-0.39, 0.29) is 17.8 Å². The standard InChI is InChI=1S/C22H22FN3O2/c1-22(2)15-28-20(16-6-4-3-5-7-16)14-25(22)21(27)19-12-13-26(24-19)18-10-8-17(23)9-11-18/h3-13,20H,14-15H2,1-2H3. The van der Waals surface area contributed by atoms with Crippen molar-refractivity contribution in [2.45, 2.75) is 25.5 Å². The lowest BCUT2D eigenvalue weighted by molar-refractivity contribution is -0.0848. The maximum absolute atomic E-state index is 13.2. The van der Waals surface area contributed by atoms with E-state index < -0.39 is 5.54 Å². The van der Waals surface area contributed by atoms with E-state index in [1.165, 1.54) is 12.1 Å². The molecule has 144 valence electrons. The molecule has 6 heteroatoms. The number of aromatic nitrogens is 2. The highest BCUT2D eigenvalue weighted by atomic mass is 19.1. The maximum Gasteiger partial charge on any atom is 0.274 e. The van der Waals surface area contributed by atoms with Gasteiger partial charge in [-0.3, -0.25) is 4.79 Å². The molecule has 4 rings (SSSR count). The third kappa shape index (κ3) is 3.55. The number of ether oxygens (including phenoxy) is 1. The van der Waals surface area contributed by atoms with Gasteiger partial charge in [-0.05, 0) is 49.7 Å². The molecular formula is C22H22FN3O2. The quantitative estimate of drug-likeness (QED) is 0.691. The molecule has 1 saturated heterocycles. The first-order valence-corrected chi connectivity index (χ1v) is 9.24. The third-order valence-electron chi connectivity index (χ3n) is 5.03. The summed E-state index contributed by atoms with van der Waals surface area (Å²) in [6, 6.07) is 17.6. The fourth-order valence-electron chi connectivity index (χ4n) is 3.39. The highest BCUT2D eigenvalue weighted by Gasteiger charge is 2.39. The van der Waals surface area contributed by atoms with E-state index in [1.807, 2.05) is 49.1 Å². The van der Waals surface area contributed by atoms with Gasteiger partial charge in [0.15, 0.2) is 5.69 Å². The van der Waals surface area contributed by atoms with Crippen molar-refractivity contribution in [3.05, 3.63) is 83.9 Å². The van der Waals surface area contributed by atoms with E-state index in [2.05, 4.69) is 5.10 Å². The van der Waals surface area contributed by atoms with Gasteiger partial charge in [-0.25, -0.2) is 9.07 Å². The number of nitrogens with zero attached hydrogens (tertiary/aromatic N) is 3. The van der Waals surface area contributed by atoms with Gasteiger partial charge in [-0.15, -0.1) is 0 Å². The van der Waals surface area contributed by atoms with Crippen molar-refractivity contribution in [2.75, 3.05) is 13.2 Å². The Hall–Kier alpha value is -2.99. The Labute approximate surface area is 163 Å². The van der Waals surface area contributed by atoms with Gasteiger partial charge in [0, 0.05) is 6.20 Å². The average Bonchev–Trinajstić information content (AvgIpc) is 3.19. The van der Waals surface area contributed by atoms with Crippen molar-refractivity contribution in [1.82, 2.24) is 14.7 Å². The summed E-state index contributed by atoms with van der Waals surface area (Å²) in [7, 11) is 0. The Morgan fingerprint density at radius 1 is 1.11 bits per heavy atom. The van der Waals surface area contributed by atoms with Crippen LogP contribution < -0.4 is 0 Å². The highest BCUT2D eigenvalue weighted by Crippen LogP contribution is 2.31. The molecule has 28 heavy (non-hydrogen) atoms. The molecule has 1 aliphatic heterocycles. The minimum atomic E-state index is -0.442. The van der Waals surface area contributed by atoms with Gasteiger partial charge in [0.1, 0.15) is 11.9 Å². The normalized spacial score (nSPS) is 18.8. The predicted molar refractivity (Wildman–Crippen MR) is 104 cm³/mol. The monoisotopic (exact) mass is 379 g/mol. The first-order chi connectivity index (χ1) is 13.4. The Morgan fingerprint density at radius 2 is 1.82 bits per heavy atom. The molecular weight excluding hydrogens is 357 g/mol. The van der Waals surface area contributed by atoms with E-state index in [4.69, 9.17) is 4.74 Å². The fraction of sp³-hybridized carbons (Fsp3) is 0.273. The number of morpholine rings is 1. The zero-order valence-corrected chi connectivity index (χ0v) is 15.9. The minimum absolute atomic E-state index is 0.143. The molecule has 1 fully saturated rings. The second-order valence-corrected chi connectivity index (χ2v) is 7.56. The number of hydrogen-bond donors (Lipinski definition) is 0. The first kappa shape index (κ1) is 18.4. The molecule has 0 aliphatic carbocycles. The van der Waals surface area contributed by atoms with Crippen LogP contribution in [0.15, 0.2) is 66.9 Å². The van der Waals surface area contributed by atoms with Gasteiger partial charge >= 0.3 is 0 Å². The molecule has 1 unspecified atom stereocenters. The molecule has 0 spiro atoms. The first-order valence-electron chi connectivity index (χ1n) is 9.24. The van der Waals surface area contributed by atoms with Gasteiger partial charge in [0.25, 0.3) is 5.91 Å². The summed E-state index contributed by atoms with van der Waals surface area (Å²) in [5.74, 6) is -0.454. The second kappa shape index (κ2) is 7.20. The van der Waals surface area contributed by atoms with E-state index in [9.17, 15) is 9.18 Å².